The van der Waals surface area contributed by atoms with Crippen molar-refractivity contribution in [3.05, 3.63) is 77.4 Å². The monoisotopic (exact) mass is 349 g/mol. The Labute approximate surface area is 148 Å². The maximum atomic E-state index is 12.0. The highest BCUT2D eigenvalue weighted by molar-refractivity contribution is 5.99. The molecule has 0 spiro atoms. The van der Waals surface area contributed by atoms with Gasteiger partial charge in [-0.3, -0.25) is 14.8 Å². The molecule has 26 heavy (non-hydrogen) atoms. The van der Waals surface area contributed by atoms with Crippen LogP contribution in [-0.4, -0.2) is 28.3 Å². The van der Waals surface area contributed by atoms with Crippen LogP contribution in [0.1, 0.15) is 26.3 Å². The average molecular weight is 349 g/mol. The highest BCUT2D eigenvalue weighted by Gasteiger charge is 2.08. The van der Waals surface area contributed by atoms with Gasteiger partial charge in [0, 0.05) is 22.1 Å². The van der Waals surface area contributed by atoms with Gasteiger partial charge in [0.2, 0.25) is 0 Å². The van der Waals surface area contributed by atoms with Gasteiger partial charge in [0.25, 0.3) is 11.8 Å². The molecule has 0 saturated heterocycles. The number of amides is 2. The van der Waals surface area contributed by atoms with E-state index in [0.717, 1.165) is 5.39 Å². The van der Waals surface area contributed by atoms with E-state index < -0.39 is 11.8 Å². The van der Waals surface area contributed by atoms with E-state index in [4.69, 9.17) is 5.21 Å². The van der Waals surface area contributed by atoms with Crippen LogP contribution in [-0.2, 0) is 0 Å². The molecule has 3 aromatic carbocycles. The van der Waals surface area contributed by atoms with Gasteiger partial charge in [-0.05, 0) is 35.7 Å². The number of phenols is 1. The molecular weight excluding hydrogens is 334 g/mol. The van der Waals surface area contributed by atoms with Crippen molar-refractivity contribution in [2.75, 3.05) is 0 Å². The minimum absolute atomic E-state index is 0.0838. The summed E-state index contributed by atoms with van der Waals surface area (Å²) in [4.78, 5) is 23.3. The number of phenolic OH excluding ortho intramolecular Hbond substituents is 1. The van der Waals surface area contributed by atoms with Crippen LogP contribution in [0.2, 0.25) is 0 Å². The first-order valence-electron chi connectivity index (χ1n) is 7.69. The number of carbonyl (C=O) groups excluding carboxylic acids is 2. The van der Waals surface area contributed by atoms with E-state index in [2.05, 4.69) is 10.5 Å². The molecule has 0 radical (unpaired) electrons. The highest BCUT2D eigenvalue weighted by Crippen LogP contribution is 2.27. The van der Waals surface area contributed by atoms with Crippen LogP contribution in [0.25, 0.3) is 10.8 Å². The molecule has 3 rings (SSSR count). The Morgan fingerprint density at radius 3 is 2.23 bits per heavy atom. The highest BCUT2D eigenvalue weighted by atomic mass is 16.5. The van der Waals surface area contributed by atoms with Crippen LogP contribution in [0.4, 0.5) is 0 Å². The summed E-state index contributed by atoms with van der Waals surface area (Å²) >= 11 is 0. The molecule has 0 unspecified atom stereocenters. The van der Waals surface area contributed by atoms with Crippen molar-refractivity contribution in [2.24, 2.45) is 5.10 Å². The smallest absolute Gasteiger partial charge is 0.274 e. The molecule has 0 atom stereocenters. The molecule has 0 aliphatic carbocycles. The zero-order valence-corrected chi connectivity index (χ0v) is 13.5. The number of aromatic hydroxyl groups is 1. The van der Waals surface area contributed by atoms with Gasteiger partial charge in [-0.2, -0.15) is 5.10 Å². The molecule has 0 aliphatic rings. The fraction of sp³-hybridized carbons (Fsp3) is 0. The number of fused-ring (bicyclic) bond motifs is 1. The van der Waals surface area contributed by atoms with Crippen molar-refractivity contribution < 1.29 is 19.9 Å². The third-order valence-electron chi connectivity index (χ3n) is 3.81. The number of rotatable bonds is 4. The molecule has 0 bridgehead atoms. The summed E-state index contributed by atoms with van der Waals surface area (Å²) in [5.41, 5.74) is 4.85. The predicted octanol–water partition coefficient (Wildman–Crippen LogP) is 2.43. The van der Waals surface area contributed by atoms with Crippen LogP contribution in [0.15, 0.2) is 65.8 Å². The van der Waals surface area contributed by atoms with Gasteiger partial charge in [0.05, 0.1) is 6.21 Å². The van der Waals surface area contributed by atoms with E-state index >= 15 is 0 Å². The summed E-state index contributed by atoms with van der Waals surface area (Å²) in [6.45, 7) is 0. The van der Waals surface area contributed by atoms with Crippen molar-refractivity contribution in [3.63, 3.8) is 0 Å². The second-order valence-electron chi connectivity index (χ2n) is 5.44. The number of hydrogen-bond acceptors (Lipinski definition) is 5. The lowest BCUT2D eigenvalue weighted by atomic mass is 10.1. The molecular formula is C19H15N3O4. The predicted molar refractivity (Wildman–Crippen MR) is 96.4 cm³/mol. The molecule has 130 valence electrons. The number of nitrogens with zero attached hydrogens (tertiary/aromatic N) is 1. The lowest BCUT2D eigenvalue weighted by molar-refractivity contribution is 0.0706. The fourth-order valence-electron chi connectivity index (χ4n) is 2.44. The van der Waals surface area contributed by atoms with Crippen molar-refractivity contribution >= 4 is 28.8 Å². The van der Waals surface area contributed by atoms with E-state index in [-0.39, 0.29) is 11.3 Å². The number of nitrogens with one attached hydrogen (secondary N) is 2. The van der Waals surface area contributed by atoms with Crippen LogP contribution in [0, 0.1) is 0 Å². The largest absolute Gasteiger partial charge is 0.507 e. The number of benzene rings is 3. The number of carbonyl (C=O) groups is 2. The summed E-state index contributed by atoms with van der Waals surface area (Å²) in [5.74, 6) is -1.06. The molecule has 2 amide bonds. The number of hydroxylamine groups is 1. The van der Waals surface area contributed by atoms with Crippen LogP contribution >= 0.6 is 0 Å². The van der Waals surface area contributed by atoms with Gasteiger partial charge in [0.1, 0.15) is 5.75 Å². The first kappa shape index (κ1) is 17.1. The summed E-state index contributed by atoms with van der Waals surface area (Å²) in [6, 6.07) is 16.6. The maximum Gasteiger partial charge on any atom is 0.274 e. The van der Waals surface area contributed by atoms with E-state index in [1.807, 2.05) is 24.3 Å². The third kappa shape index (κ3) is 3.52. The zero-order chi connectivity index (χ0) is 18.5. The van der Waals surface area contributed by atoms with Crippen molar-refractivity contribution in [3.8, 4) is 5.75 Å². The number of hydrazone groups is 1. The Morgan fingerprint density at radius 1 is 0.885 bits per heavy atom. The lowest BCUT2D eigenvalue weighted by Crippen LogP contribution is -2.20. The Morgan fingerprint density at radius 2 is 1.54 bits per heavy atom. The molecule has 4 N–H and O–H groups in total. The topological polar surface area (TPSA) is 111 Å². The van der Waals surface area contributed by atoms with Crippen molar-refractivity contribution in [1.29, 1.82) is 0 Å². The summed E-state index contributed by atoms with van der Waals surface area (Å²) in [7, 11) is 0. The van der Waals surface area contributed by atoms with E-state index in [0.29, 0.717) is 16.5 Å². The van der Waals surface area contributed by atoms with Gasteiger partial charge in [0.15, 0.2) is 0 Å². The SMILES string of the molecule is O=C(NO)c1ccc(C(=O)N/N=C/c2ccc3ccccc3c2O)cc1. The van der Waals surface area contributed by atoms with Gasteiger partial charge in [-0.25, -0.2) is 10.9 Å². The van der Waals surface area contributed by atoms with Crippen molar-refractivity contribution in [2.45, 2.75) is 0 Å². The van der Waals surface area contributed by atoms with E-state index in [1.54, 1.807) is 12.1 Å². The summed E-state index contributed by atoms with van der Waals surface area (Å²) < 4.78 is 0. The van der Waals surface area contributed by atoms with Gasteiger partial charge in [-0.1, -0.05) is 30.3 Å². The second-order valence-corrected chi connectivity index (χ2v) is 5.44. The first-order chi connectivity index (χ1) is 12.6. The molecule has 0 fully saturated rings. The van der Waals surface area contributed by atoms with Gasteiger partial charge < -0.3 is 5.11 Å². The fourth-order valence-corrected chi connectivity index (χ4v) is 2.44. The van der Waals surface area contributed by atoms with E-state index in [1.165, 1.54) is 36.0 Å². The Hall–Kier alpha value is -3.71. The van der Waals surface area contributed by atoms with Crippen molar-refractivity contribution in [1.82, 2.24) is 10.9 Å². The van der Waals surface area contributed by atoms with Crippen LogP contribution in [0.3, 0.4) is 0 Å². The molecule has 0 aliphatic heterocycles. The molecule has 0 aromatic heterocycles. The normalized spacial score (nSPS) is 10.8. The van der Waals surface area contributed by atoms with E-state index in [9.17, 15) is 14.7 Å². The third-order valence-corrected chi connectivity index (χ3v) is 3.81. The summed E-state index contributed by atoms with van der Waals surface area (Å²) in [6.07, 6.45) is 1.35. The molecule has 0 saturated carbocycles. The average Bonchev–Trinajstić information content (AvgIpc) is 2.69. The maximum absolute atomic E-state index is 12.0. The second kappa shape index (κ2) is 7.45. The molecule has 0 heterocycles. The van der Waals surface area contributed by atoms with Crippen LogP contribution < -0.4 is 10.9 Å². The first-order valence-corrected chi connectivity index (χ1v) is 7.69. The van der Waals surface area contributed by atoms with Crippen LogP contribution in [0.5, 0.6) is 5.75 Å². The Kier molecular flexibility index (Phi) is 4.91. The minimum Gasteiger partial charge on any atom is -0.507 e. The van der Waals surface area contributed by atoms with Gasteiger partial charge in [-0.15, -0.1) is 0 Å². The molecule has 3 aromatic rings. The molecule has 7 nitrogen and oxygen atoms in total. The zero-order valence-electron chi connectivity index (χ0n) is 13.5. The summed E-state index contributed by atoms with van der Waals surface area (Å²) in [5, 5.41) is 24.3. The number of hydrogen-bond donors (Lipinski definition) is 4. The Balaban J connectivity index is 1.71. The lowest BCUT2D eigenvalue weighted by Gasteiger charge is -2.04. The molecule has 7 heteroatoms. The van der Waals surface area contributed by atoms with Gasteiger partial charge >= 0.3 is 0 Å². The minimum atomic E-state index is -0.665. The standard InChI is InChI=1S/C19H15N3O4/c23-17-15(10-5-12-3-1-2-4-16(12)17)11-20-21-18(24)13-6-8-14(9-7-13)19(25)22-26/h1-11,23,26H,(H,21,24)(H,22,25)/b20-11+. The quantitative estimate of drug-likeness (QED) is 0.329. The Bertz CT molecular complexity index is 997.